The molecule has 1 atom stereocenters. The van der Waals surface area contributed by atoms with Gasteiger partial charge in [-0.2, -0.15) is 5.10 Å². The summed E-state index contributed by atoms with van der Waals surface area (Å²) in [4.78, 5) is 11.2. The molecule has 0 fully saturated rings. The van der Waals surface area contributed by atoms with Crippen LogP contribution in [0.3, 0.4) is 0 Å². The molecular formula is C13H15N3O2. The fourth-order valence-corrected chi connectivity index (χ4v) is 1.70. The first-order valence-electron chi connectivity index (χ1n) is 5.63. The molecule has 0 aliphatic heterocycles. The molecule has 5 heteroatoms. The predicted octanol–water partition coefficient (Wildman–Crippen LogP) is 1.44. The highest BCUT2D eigenvalue weighted by atomic mass is 16.5. The molecule has 0 spiro atoms. The maximum absolute atomic E-state index is 11.2. The van der Waals surface area contributed by atoms with Gasteiger partial charge in [0.15, 0.2) is 0 Å². The van der Waals surface area contributed by atoms with Gasteiger partial charge in [-0.25, -0.2) is 4.68 Å². The fraction of sp³-hybridized carbons (Fsp3) is 0.231. The van der Waals surface area contributed by atoms with Crippen molar-refractivity contribution in [3.05, 3.63) is 48.3 Å². The Hall–Kier alpha value is -2.14. The zero-order valence-electron chi connectivity index (χ0n) is 10.1. The van der Waals surface area contributed by atoms with E-state index in [9.17, 15) is 4.79 Å². The van der Waals surface area contributed by atoms with Gasteiger partial charge < -0.3 is 10.5 Å². The Morgan fingerprint density at radius 3 is 3.00 bits per heavy atom. The van der Waals surface area contributed by atoms with Gasteiger partial charge in [-0.3, -0.25) is 4.79 Å². The number of nitrogens with two attached hydrogens (primary N) is 1. The number of ether oxygens (including phenoxy) is 1. The normalized spacial score (nSPS) is 12.1. The number of nitrogens with zero attached hydrogens (tertiary/aromatic N) is 2. The van der Waals surface area contributed by atoms with Gasteiger partial charge in [-0.15, -0.1) is 0 Å². The number of hydrogen-bond donors (Lipinski definition) is 1. The van der Waals surface area contributed by atoms with Crippen LogP contribution < -0.4 is 5.73 Å². The number of aromatic nitrogens is 2. The Morgan fingerprint density at radius 2 is 2.33 bits per heavy atom. The van der Waals surface area contributed by atoms with Crippen molar-refractivity contribution in [2.24, 2.45) is 5.73 Å². The van der Waals surface area contributed by atoms with Gasteiger partial charge in [0.1, 0.15) is 0 Å². The van der Waals surface area contributed by atoms with Gasteiger partial charge >= 0.3 is 5.97 Å². The Labute approximate surface area is 105 Å². The zero-order valence-corrected chi connectivity index (χ0v) is 10.1. The number of methoxy groups -OCH3 is 1. The quantitative estimate of drug-likeness (QED) is 0.827. The first kappa shape index (κ1) is 12.3. The van der Waals surface area contributed by atoms with Crippen LogP contribution in [-0.2, 0) is 9.53 Å². The lowest BCUT2D eigenvalue weighted by Crippen LogP contribution is -2.16. The summed E-state index contributed by atoms with van der Waals surface area (Å²) >= 11 is 0. The lowest BCUT2D eigenvalue weighted by molar-refractivity contribution is -0.141. The highest BCUT2D eigenvalue weighted by Crippen LogP contribution is 2.17. The number of rotatable bonds is 4. The van der Waals surface area contributed by atoms with E-state index in [-0.39, 0.29) is 18.4 Å². The molecule has 0 aliphatic rings. The minimum Gasteiger partial charge on any atom is -0.469 e. The highest BCUT2D eigenvalue weighted by Gasteiger charge is 2.12. The van der Waals surface area contributed by atoms with Crippen LogP contribution in [0.25, 0.3) is 5.69 Å². The second-order valence-electron chi connectivity index (χ2n) is 3.93. The van der Waals surface area contributed by atoms with Crippen molar-refractivity contribution in [1.29, 1.82) is 0 Å². The first-order chi connectivity index (χ1) is 8.70. The summed E-state index contributed by atoms with van der Waals surface area (Å²) in [6.45, 7) is 0. The largest absolute Gasteiger partial charge is 0.469 e. The van der Waals surface area contributed by atoms with Gasteiger partial charge in [-0.1, -0.05) is 12.1 Å². The van der Waals surface area contributed by atoms with Gasteiger partial charge in [0.05, 0.1) is 19.2 Å². The lowest BCUT2D eigenvalue weighted by Gasteiger charge is -2.12. The topological polar surface area (TPSA) is 70.1 Å². The van der Waals surface area contributed by atoms with Crippen LogP contribution >= 0.6 is 0 Å². The number of carbonyl (C=O) groups excluding carboxylic acids is 1. The van der Waals surface area contributed by atoms with E-state index in [2.05, 4.69) is 9.84 Å². The molecule has 0 saturated carbocycles. The molecule has 2 aromatic rings. The summed E-state index contributed by atoms with van der Waals surface area (Å²) in [5.74, 6) is -0.313. The van der Waals surface area contributed by atoms with E-state index in [4.69, 9.17) is 5.73 Å². The minimum atomic E-state index is -0.368. The highest BCUT2D eigenvalue weighted by molar-refractivity contribution is 5.70. The molecule has 0 aliphatic carbocycles. The number of benzene rings is 1. The molecule has 2 N–H and O–H groups in total. The average Bonchev–Trinajstić information content (AvgIpc) is 2.92. The van der Waals surface area contributed by atoms with Crippen LogP contribution in [0.4, 0.5) is 0 Å². The van der Waals surface area contributed by atoms with Crippen molar-refractivity contribution >= 4 is 5.97 Å². The van der Waals surface area contributed by atoms with E-state index < -0.39 is 0 Å². The summed E-state index contributed by atoms with van der Waals surface area (Å²) in [5.41, 5.74) is 7.76. The number of hydrogen-bond acceptors (Lipinski definition) is 4. The van der Waals surface area contributed by atoms with Crippen molar-refractivity contribution in [3.8, 4) is 5.69 Å². The molecule has 2 rings (SSSR count). The maximum atomic E-state index is 11.2. The van der Waals surface area contributed by atoms with E-state index in [1.54, 1.807) is 10.9 Å². The zero-order chi connectivity index (χ0) is 13.0. The van der Waals surface area contributed by atoms with Crippen molar-refractivity contribution in [2.45, 2.75) is 12.5 Å². The van der Waals surface area contributed by atoms with Gasteiger partial charge in [0.25, 0.3) is 0 Å². The van der Waals surface area contributed by atoms with Crippen LogP contribution in [0.2, 0.25) is 0 Å². The summed E-state index contributed by atoms with van der Waals surface area (Å²) in [6, 6.07) is 9.11. The van der Waals surface area contributed by atoms with Crippen molar-refractivity contribution in [3.63, 3.8) is 0 Å². The molecule has 0 saturated heterocycles. The van der Waals surface area contributed by atoms with E-state index >= 15 is 0 Å². The van der Waals surface area contributed by atoms with E-state index in [0.717, 1.165) is 11.3 Å². The third-order valence-electron chi connectivity index (χ3n) is 2.68. The third kappa shape index (κ3) is 2.75. The lowest BCUT2D eigenvalue weighted by atomic mass is 10.0. The second-order valence-corrected chi connectivity index (χ2v) is 3.93. The monoisotopic (exact) mass is 245 g/mol. The van der Waals surface area contributed by atoms with E-state index in [1.807, 2.05) is 36.5 Å². The summed E-state index contributed by atoms with van der Waals surface area (Å²) < 4.78 is 6.35. The first-order valence-corrected chi connectivity index (χ1v) is 5.63. The van der Waals surface area contributed by atoms with Gasteiger partial charge in [0, 0.05) is 18.4 Å². The molecular weight excluding hydrogens is 230 g/mol. The van der Waals surface area contributed by atoms with Gasteiger partial charge in [0.2, 0.25) is 0 Å². The average molecular weight is 245 g/mol. The summed E-state index contributed by atoms with van der Waals surface area (Å²) in [5, 5.41) is 4.15. The molecule has 94 valence electrons. The second kappa shape index (κ2) is 5.46. The predicted molar refractivity (Wildman–Crippen MR) is 67.1 cm³/mol. The van der Waals surface area contributed by atoms with Crippen molar-refractivity contribution in [1.82, 2.24) is 9.78 Å². The molecule has 18 heavy (non-hydrogen) atoms. The number of esters is 1. The summed E-state index contributed by atoms with van der Waals surface area (Å²) in [7, 11) is 1.36. The molecule has 0 amide bonds. The van der Waals surface area contributed by atoms with E-state index in [0.29, 0.717) is 0 Å². The molecule has 1 aromatic heterocycles. The molecule has 0 radical (unpaired) electrons. The van der Waals surface area contributed by atoms with Crippen LogP contribution in [0, 0.1) is 0 Å². The smallest absolute Gasteiger partial charge is 0.307 e. The summed E-state index contributed by atoms with van der Waals surface area (Å²) in [6.07, 6.45) is 3.73. The van der Waals surface area contributed by atoms with Crippen molar-refractivity contribution in [2.75, 3.05) is 7.11 Å². The maximum Gasteiger partial charge on any atom is 0.307 e. The SMILES string of the molecule is COC(=O)C[C@H](N)c1cccc(-n2cccn2)c1. The Kier molecular flexibility index (Phi) is 3.74. The van der Waals surface area contributed by atoms with Crippen LogP contribution in [-0.4, -0.2) is 22.9 Å². The standard InChI is InChI=1S/C13H15N3O2/c1-18-13(17)9-12(14)10-4-2-5-11(8-10)16-7-3-6-15-16/h2-8,12H,9,14H2,1H3/t12-/m0/s1. The van der Waals surface area contributed by atoms with E-state index in [1.165, 1.54) is 7.11 Å². The molecule has 5 nitrogen and oxygen atoms in total. The third-order valence-corrected chi connectivity index (χ3v) is 2.68. The molecule has 0 bridgehead atoms. The van der Waals surface area contributed by atoms with Gasteiger partial charge in [-0.05, 0) is 23.8 Å². The molecule has 0 unspecified atom stereocenters. The van der Waals surface area contributed by atoms with Crippen LogP contribution in [0.5, 0.6) is 0 Å². The molecule has 1 heterocycles. The molecule has 1 aromatic carbocycles. The Bertz CT molecular complexity index is 523. The Balaban J connectivity index is 2.19. The fourth-order valence-electron chi connectivity index (χ4n) is 1.70. The van der Waals surface area contributed by atoms with Crippen molar-refractivity contribution < 1.29 is 9.53 Å². The van der Waals surface area contributed by atoms with Crippen LogP contribution in [0.15, 0.2) is 42.7 Å². The Morgan fingerprint density at radius 1 is 1.50 bits per heavy atom. The number of carbonyl (C=O) groups is 1. The minimum absolute atomic E-state index is 0.166. The van der Waals surface area contributed by atoms with Crippen LogP contribution in [0.1, 0.15) is 18.0 Å².